The monoisotopic (exact) mass is 334 g/mol. The molecule has 0 saturated carbocycles. The van der Waals surface area contributed by atoms with E-state index in [1.165, 1.54) is 18.5 Å². The molecule has 22 heavy (non-hydrogen) atoms. The number of fused-ring (bicyclic) bond motifs is 1. The first-order chi connectivity index (χ1) is 10.5. The lowest BCUT2D eigenvalue weighted by atomic mass is 10.2. The molecule has 0 fully saturated rings. The van der Waals surface area contributed by atoms with Gasteiger partial charge in [-0.1, -0.05) is 23.2 Å². The number of aromatic nitrogens is 2. The number of halogens is 2. The highest BCUT2D eigenvalue weighted by molar-refractivity contribution is 6.36. The molecule has 1 heterocycles. The lowest BCUT2D eigenvalue weighted by Crippen LogP contribution is -1.97. The van der Waals surface area contributed by atoms with E-state index < -0.39 is 4.92 Å². The first-order valence-corrected chi connectivity index (χ1v) is 6.91. The van der Waals surface area contributed by atoms with Gasteiger partial charge in [0.15, 0.2) is 0 Å². The molecule has 3 aromatic rings. The number of nitrogens with one attached hydrogen (secondary N) is 1. The van der Waals surface area contributed by atoms with Crippen molar-refractivity contribution >= 4 is 51.3 Å². The Morgan fingerprint density at radius 1 is 1.09 bits per heavy atom. The van der Waals surface area contributed by atoms with Crippen LogP contribution in [-0.2, 0) is 0 Å². The fourth-order valence-corrected chi connectivity index (χ4v) is 2.43. The number of anilines is 2. The highest BCUT2D eigenvalue weighted by Gasteiger charge is 2.11. The minimum absolute atomic E-state index is 0.0347. The van der Waals surface area contributed by atoms with Crippen LogP contribution in [0.1, 0.15) is 0 Å². The molecule has 0 radical (unpaired) electrons. The summed E-state index contributed by atoms with van der Waals surface area (Å²) in [6.07, 6.45) is 1.38. The summed E-state index contributed by atoms with van der Waals surface area (Å²) in [5.74, 6) is 0.429. The van der Waals surface area contributed by atoms with E-state index in [-0.39, 0.29) is 5.69 Å². The lowest BCUT2D eigenvalue weighted by molar-refractivity contribution is -0.384. The molecular formula is C14H8Cl2N4O2. The van der Waals surface area contributed by atoms with Crippen LogP contribution < -0.4 is 5.32 Å². The lowest BCUT2D eigenvalue weighted by Gasteiger charge is -2.10. The predicted molar refractivity (Wildman–Crippen MR) is 85.9 cm³/mol. The van der Waals surface area contributed by atoms with Crippen molar-refractivity contribution < 1.29 is 4.92 Å². The van der Waals surface area contributed by atoms with Crippen LogP contribution in [0.15, 0.2) is 42.7 Å². The minimum Gasteiger partial charge on any atom is -0.338 e. The van der Waals surface area contributed by atoms with E-state index in [4.69, 9.17) is 23.2 Å². The molecule has 6 nitrogen and oxygen atoms in total. The van der Waals surface area contributed by atoms with Gasteiger partial charge in [0.1, 0.15) is 12.1 Å². The minimum atomic E-state index is -0.467. The molecule has 1 N–H and O–H groups in total. The summed E-state index contributed by atoms with van der Waals surface area (Å²) in [6, 6.07) is 9.37. The molecular weight excluding hydrogens is 327 g/mol. The molecule has 0 bridgehead atoms. The van der Waals surface area contributed by atoms with Crippen LogP contribution in [0.5, 0.6) is 0 Å². The molecule has 110 valence electrons. The second kappa shape index (κ2) is 5.75. The highest BCUT2D eigenvalue weighted by Crippen LogP contribution is 2.31. The maximum absolute atomic E-state index is 10.9. The SMILES string of the molecule is O=[N+]([O-])c1ccc2ncnc(Nc3ccc(Cl)cc3Cl)c2c1. The van der Waals surface area contributed by atoms with E-state index in [9.17, 15) is 10.1 Å². The van der Waals surface area contributed by atoms with Gasteiger partial charge in [0.2, 0.25) is 0 Å². The Labute approximate surface area is 134 Å². The summed E-state index contributed by atoms with van der Waals surface area (Å²) in [4.78, 5) is 18.7. The molecule has 1 aromatic heterocycles. The van der Waals surface area contributed by atoms with E-state index in [0.717, 1.165) is 0 Å². The van der Waals surface area contributed by atoms with Crippen molar-refractivity contribution in [2.24, 2.45) is 0 Å². The third-order valence-electron chi connectivity index (χ3n) is 3.01. The largest absolute Gasteiger partial charge is 0.338 e. The van der Waals surface area contributed by atoms with Crippen LogP contribution in [0, 0.1) is 10.1 Å². The van der Waals surface area contributed by atoms with Crippen LogP contribution >= 0.6 is 23.2 Å². The highest BCUT2D eigenvalue weighted by atomic mass is 35.5. The summed E-state index contributed by atoms with van der Waals surface area (Å²) in [5, 5.41) is 15.4. The molecule has 0 saturated heterocycles. The Balaban J connectivity index is 2.09. The molecule has 0 unspecified atom stereocenters. The average Bonchev–Trinajstić information content (AvgIpc) is 2.49. The van der Waals surface area contributed by atoms with Gasteiger partial charge in [0.25, 0.3) is 5.69 Å². The first-order valence-electron chi connectivity index (χ1n) is 6.16. The number of rotatable bonds is 3. The number of nitro groups is 1. The van der Waals surface area contributed by atoms with E-state index in [0.29, 0.717) is 32.5 Å². The van der Waals surface area contributed by atoms with E-state index in [1.54, 1.807) is 24.3 Å². The van der Waals surface area contributed by atoms with E-state index >= 15 is 0 Å². The fraction of sp³-hybridized carbons (Fsp3) is 0. The Kier molecular flexibility index (Phi) is 3.79. The number of benzene rings is 2. The normalized spacial score (nSPS) is 10.6. The first kappa shape index (κ1) is 14.5. The van der Waals surface area contributed by atoms with E-state index in [2.05, 4.69) is 15.3 Å². The topological polar surface area (TPSA) is 81.0 Å². The van der Waals surface area contributed by atoms with Gasteiger partial charge in [0.05, 0.1) is 21.2 Å². The Morgan fingerprint density at radius 3 is 2.64 bits per heavy atom. The Morgan fingerprint density at radius 2 is 1.91 bits per heavy atom. The number of non-ortho nitro benzene ring substituents is 1. The molecule has 0 aliphatic rings. The van der Waals surface area contributed by atoms with Gasteiger partial charge in [-0.3, -0.25) is 10.1 Å². The van der Waals surface area contributed by atoms with Crippen molar-refractivity contribution in [3.63, 3.8) is 0 Å². The molecule has 0 spiro atoms. The summed E-state index contributed by atoms with van der Waals surface area (Å²) in [7, 11) is 0. The molecule has 0 atom stereocenters. The van der Waals surface area contributed by atoms with Gasteiger partial charge < -0.3 is 5.32 Å². The standard InChI is InChI=1S/C14H8Cl2N4O2/c15-8-1-3-13(11(16)5-8)19-14-10-6-9(20(21)22)2-4-12(10)17-7-18-14/h1-7H,(H,17,18,19). The van der Waals surface area contributed by atoms with Gasteiger partial charge >= 0.3 is 0 Å². The van der Waals surface area contributed by atoms with Crippen molar-refractivity contribution in [2.75, 3.05) is 5.32 Å². The van der Waals surface area contributed by atoms with Crippen LogP contribution in [-0.4, -0.2) is 14.9 Å². The van der Waals surface area contributed by atoms with Crippen molar-refractivity contribution in [3.05, 3.63) is 62.9 Å². The molecule has 0 aliphatic heterocycles. The van der Waals surface area contributed by atoms with Gasteiger partial charge in [-0.25, -0.2) is 9.97 Å². The summed E-state index contributed by atoms with van der Waals surface area (Å²) >= 11 is 12.0. The fourth-order valence-electron chi connectivity index (χ4n) is 1.98. The van der Waals surface area contributed by atoms with Crippen LogP contribution in [0.3, 0.4) is 0 Å². The predicted octanol–water partition coefficient (Wildman–Crippen LogP) is 4.59. The third kappa shape index (κ3) is 2.79. The van der Waals surface area contributed by atoms with E-state index in [1.807, 2.05) is 0 Å². The molecule has 3 rings (SSSR count). The zero-order chi connectivity index (χ0) is 15.7. The summed E-state index contributed by atoms with van der Waals surface area (Å²) in [6.45, 7) is 0. The maximum atomic E-state index is 10.9. The average molecular weight is 335 g/mol. The quantitative estimate of drug-likeness (QED) is 0.559. The molecule has 0 amide bonds. The zero-order valence-corrected chi connectivity index (χ0v) is 12.5. The van der Waals surface area contributed by atoms with Crippen LogP contribution in [0.4, 0.5) is 17.2 Å². The van der Waals surface area contributed by atoms with Gasteiger partial charge in [-0.2, -0.15) is 0 Å². The number of nitro benzene ring substituents is 1. The number of hydrogen-bond donors (Lipinski definition) is 1. The van der Waals surface area contributed by atoms with Crippen LogP contribution in [0.25, 0.3) is 10.9 Å². The van der Waals surface area contributed by atoms with Gasteiger partial charge in [-0.05, 0) is 24.3 Å². The van der Waals surface area contributed by atoms with Crippen molar-refractivity contribution in [1.82, 2.24) is 9.97 Å². The van der Waals surface area contributed by atoms with Gasteiger partial charge in [-0.15, -0.1) is 0 Å². The summed E-state index contributed by atoms with van der Waals surface area (Å²) < 4.78 is 0. The summed E-state index contributed by atoms with van der Waals surface area (Å²) in [5.41, 5.74) is 1.15. The smallest absolute Gasteiger partial charge is 0.270 e. The maximum Gasteiger partial charge on any atom is 0.270 e. The van der Waals surface area contributed by atoms with Gasteiger partial charge in [0, 0.05) is 22.5 Å². The van der Waals surface area contributed by atoms with Crippen LogP contribution in [0.2, 0.25) is 10.0 Å². The molecule has 0 aliphatic carbocycles. The Hall–Kier alpha value is -2.44. The zero-order valence-electron chi connectivity index (χ0n) is 11.0. The second-order valence-corrected chi connectivity index (χ2v) is 5.27. The Bertz CT molecular complexity index is 886. The van der Waals surface area contributed by atoms with Crippen molar-refractivity contribution in [2.45, 2.75) is 0 Å². The second-order valence-electron chi connectivity index (χ2n) is 4.43. The van der Waals surface area contributed by atoms with Crippen molar-refractivity contribution in [1.29, 1.82) is 0 Å². The molecule has 2 aromatic carbocycles. The molecule has 8 heteroatoms. The van der Waals surface area contributed by atoms with Crippen molar-refractivity contribution in [3.8, 4) is 0 Å². The number of nitrogens with zero attached hydrogens (tertiary/aromatic N) is 3. The number of hydrogen-bond acceptors (Lipinski definition) is 5. The third-order valence-corrected chi connectivity index (χ3v) is 3.56.